The number of nitrogens with one attached hydrogen (secondary N) is 1. The van der Waals surface area contributed by atoms with Crippen LogP contribution in [0.15, 0.2) is 23.4 Å². The van der Waals surface area contributed by atoms with E-state index in [-0.39, 0.29) is 17.4 Å². The molecule has 1 unspecified atom stereocenters. The summed E-state index contributed by atoms with van der Waals surface area (Å²) < 4.78 is 26.4. The number of aromatic nitrogens is 1. The van der Waals surface area contributed by atoms with Crippen molar-refractivity contribution >= 4 is 15.7 Å². The molecule has 1 atom stereocenters. The number of anilines is 1. The zero-order valence-electron chi connectivity index (χ0n) is 11.3. The molecule has 0 radical (unpaired) electrons. The van der Waals surface area contributed by atoms with E-state index in [1.165, 1.54) is 16.7 Å². The molecular weight excluding hydrogens is 264 g/mol. The monoisotopic (exact) mass is 282 g/mol. The van der Waals surface area contributed by atoms with Crippen LogP contribution in [0.2, 0.25) is 0 Å². The van der Waals surface area contributed by atoms with E-state index in [0.717, 1.165) is 0 Å². The van der Waals surface area contributed by atoms with Gasteiger partial charge in [0.15, 0.2) is 0 Å². The third-order valence-corrected chi connectivity index (χ3v) is 4.69. The predicted octanol–water partition coefficient (Wildman–Crippen LogP) is 1.29. The molecule has 0 saturated carbocycles. The standard InChI is InChI=1S/C12H18N4O2S/c1-4-16(9-10(2)7-13)19(17,18)12-8-15-6-5-11(12)14-3/h5-6,8,10H,4,9H2,1-3H3,(H,14,15). The molecule has 1 aromatic heterocycles. The first kappa shape index (κ1) is 15.4. The zero-order valence-corrected chi connectivity index (χ0v) is 12.1. The van der Waals surface area contributed by atoms with Crippen molar-refractivity contribution in [3.05, 3.63) is 18.5 Å². The van der Waals surface area contributed by atoms with Crippen LogP contribution < -0.4 is 5.32 Å². The van der Waals surface area contributed by atoms with Gasteiger partial charge in [-0.25, -0.2) is 8.42 Å². The molecule has 0 aliphatic rings. The quantitative estimate of drug-likeness (QED) is 0.849. The maximum absolute atomic E-state index is 12.5. The Morgan fingerprint density at radius 2 is 2.26 bits per heavy atom. The third kappa shape index (κ3) is 3.43. The lowest BCUT2D eigenvalue weighted by Crippen LogP contribution is -2.34. The number of rotatable bonds is 6. The van der Waals surface area contributed by atoms with Crippen molar-refractivity contribution in [3.8, 4) is 6.07 Å². The Kier molecular flexibility index (Phi) is 5.27. The lowest BCUT2D eigenvalue weighted by atomic mass is 10.2. The second kappa shape index (κ2) is 6.50. The minimum absolute atomic E-state index is 0.129. The largest absolute Gasteiger partial charge is 0.387 e. The summed E-state index contributed by atoms with van der Waals surface area (Å²) in [6, 6.07) is 3.65. The van der Waals surface area contributed by atoms with Gasteiger partial charge >= 0.3 is 0 Å². The van der Waals surface area contributed by atoms with Gasteiger partial charge in [0.2, 0.25) is 10.0 Å². The number of hydrogen-bond acceptors (Lipinski definition) is 5. The molecule has 0 saturated heterocycles. The Balaban J connectivity index is 3.18. The van der Waals surface area contributed by atoms with E-state index in [4.69, 9.17) is 5.26 Å². The molecule has 0 amide bonds. The van der Waals surface area contributed by atoms with Gasteiger partial charge in [-0.15, -0.1) is 0 Å². The molecule has 0 fully saturated rings. The number of nitriles is 1. The highest BCUT2D eigenvalue weighted by Gasteiger charge is 2.27. The third-order valence-electron chi connectivity index (χ3n) is 2.72. The second-order valence-corrected chi connectivity index (χ2v) is 6.01. The fraction of sp³-hybridized carbons (Fsp3) is 0.500. The summed E-state index contributed by atoms with van der Waals surface area (Å²) in [6.07, 6.45) is 2.85. The van der Waals surface area contributed by atoms with E-state index in [0.29, 0.717) is 12.2 Å². The average molecular weight is 282 g/mol. The lowest BCUT2D eigenvalue weighted by Gasteiger charge is -2.22. The Labute approximate surface area is 114 Å². The highest BCUT2D eigenvalue weighted by Crippen LogP contribution is 2.23. The van der Waals surface area contributed by atoms with Crippen LogP contribution in [-0.4, -0.2) is 37.8 Å². The van der Waals surface area contributed by atoms with Gasteiger partial charge in [0.1, 0.15) is 4.90 Å². The summed E-state index contributed by atoms with van der Waals surface area (Å²) in [6.45, 7) is 3.93. The van der Waals surface area contributed by atoms with Crippen molar-refractivity contribution in [3.63, 3.8) is 0 Å². The highest BCUT2D eigenvalue weighted by molar-refractivity contribution is 7.89. The fourth-order valence-corrected chi connectivity index (χ4v) is 3.35. The van der Waals surface area contributed by atoms with E-state index in [1.807, 2.05) is 6.07 Å². The van der Waals surface area contributed by atoms with Crippen LogP contribution in [0, 0.1) is 17.2 Å². The van der Waals surface area contributed by atoms with E-state index in [9.17, 15) is 8.42 Å². The molecule has 0 bridgehead atoms. The normalized spacial score (nSPS) is 13.0. The van der Waals surface area contributed by atoms with Gasteiger partial charge in [-0.2, -0.15) is 9.57 Å². The molecule has 1 heterocycles. The average Bonchev–Trinajstić information content (AvgIpc) is 2.43. The summed E-state index contributed by atoms with van der Waals surface area (Å²) in [4.78, 5) is 3.99. The molecule has 0 spiro atoms. The summed E-state index contributed by atoms with van der Waals surface area (Å²) >= 11 is 0. The van der Waals surface area contributed by atoms with Crippen molar-refractivity contribution in [2.24, 2.45) is 5.92 Å². The topological polar surface area (TPSA) is 86.1 Å². The van der Waals surface area contributed by atoms with Crippen molar-refractivity contribution in [2.75, 3.05) is 25.5 Å². The lowest BCUT2D eigenvalue weighted by molar-refractivity contribution is 0.400. The van der Waals surface area contributed by atoms with Crippen molar-refractivity contribution in [1.29, 1.82) is 5.26 Å². The number of hydrogen-bond donors (Lipinski definition) is 1. The smallest absolute Gasteiger partial charge is 0.246 e. The van der Waals surface area contributed by atoms with E-state index < -0.39 is 10.0 Å². The molecule has 104 valence electrons. The SMILES string of the molecule is CCN(CC(C)C#N)S(=O)(=O)c1cnccc1NC. The minimum atomic E-state index is -3.64. The van der Waals surface area contributed by atoms with Crippen LogP contribution in [0.3, 0.4) is 0 Å². The molecular formula is C12H18N4O2S. The Bertz CT molecular complexity index is 565. The van der Waals surface area contributed by atoms with Crippen LogP contribution in [0.1, 0.15) is 13.8 Å². The first-order valence-corrected chi connectivity index (χ1v) is 7.42. The molecule has 7 heteroatoms. The summed E-state index contributed by atoms with van der Waals surface area (Å²) in [5, 5.41) is 11.7. The highest BCUT2D eigenvalue weighted by atomic mass is 32.2. The molecule has 6 nitrogen and oxygen atoms in total. The van der Waals surface area contributed by atoms with Gasteiger partial charge < -0.3 is 5.32 Å². The first-order valence-electron chi connectivity index (χ1n) is 5.98. The molecule has 0 aliphatic carbocycles. The zero-order chi connectivity index (χ0) is 14.5. The van der Waals surface area contributed by atoms with Gasteiger partial charge in [0.25, 0.3) is 0 Å². The minimum Gasteiger partial charge on any atom is -0.387 e. The number of nitrogens with zero attached hydrogens (tertiary/aromatic N) is 3. The maximum Gasteiger partial charge on any atom is 0.246 e. The van der Waals surface area contributed by atoms with Gasteiger partial charge in [-0.1, -0.05) is 6.92 Å². The Morgan fingerprint density at radius 1 is 1.58 bits per heavy atom. The van der Waals surface area contributed by atoms with Crippen LogP contribution >= 0.6 is 0 Å². The van der Waals surface area contributed by atoms with Crippen LogP contribution in [0.5, 0.6) is 0 Å². The summed E-state index contributed by atoms with van der Waals surface area (Å²) in [7, 11) is -1.99. The van der Waals surface area contributed by atoms with Crippen molar-refractivity contribution < 1.29 is 8.42 Å². The summed E-state index contributed by atoms with van der Waals surface area (Å²) in [5.41, 5.74) is 0.498. The van der Waals surface area contributed by atoms with Gasteiger partial charge in [0.05, 0.1) is 17.7 Å². The predicted molar refractivity (Wildman–Crippen MR) is 73.0 cm³/mol. The molecule has 0 aromatic carbocycles. The molecule has 19 heavy (non-hydrogen) atoms. The molecule has 1 aromatic rings. The Hall–Kier alpha value is -1.65. The summed E-state index contributed by atoms with van der Waals surface area (Å²) in [5.74, 6) is -0.357. The van der Waals surface area contributed by atoms with Crippen LogP contribution in [0.25, 0.3) is 0 Å². The van der Waals surface area contributed by atoms with E-state index in [1.54, 1.807) is 27.0 Å². The number of pyridine rings is 1. The van der Waals surface area contributed by atoms with Gasteiger partial charge in [0, 0.05) is 32.5 Å². The Morgan fingerprint density at radius 3 is 2.79 bits per heavy atom. The fourth-order valence-electron chi connectivity index (χ4n) is 1.67. The molecule has 1 N–H and O–H groups in total. The van der Waals surface area contributed by atoms with Gasteiger partial charge in [-0.3, -0.25) is 4.98 Å². The van der Waals surface area contributed by atoms with E-state index in [2.05, 4.69) is 10.3 Å². The van der Waals surface area contributed by atoms with Gasteiger partial charge in [-0.05, 0) is 13.0 Å². The number of sulfonamides is 1. The van der Waals surface area contributed by atoms with E-state index >= 15 is 0 Å². The van der Waals surface area contributed by atoms with Crippen molar-refractivity contribution in [1.82, 2.24) is 9.29 Å². The van der Waals surface area contributed by atoms with Crippen LogP contribution in [0.4, 0.5) is 5.69 Å². The maximum atomic E-state index is 12.5. The molecule has 0 aliphatic heterocycles. The molecule has 1 rings (SSSR count). The first-order chi connectivity index (χ1) is 8.97. The second-order valence-electron chi connectivity index (χ2n) is 4.11. The van der Waals surface area contributed by atoms with Crippen molar-refractivity contribution in [2.45, 2.75) is 18.7 Å². The van der Waals surface area contributed by atoms with Crippen LogP contribution in [-0.2, 0) is 10.0 Å².